The molecule has 3 heterocycles. The summed E-state index contributed by atoms with van der Waals surface area (Å²) in [5.41, 5.74) is 2.86. The number of rotatable bonds is 7. The van der Waals surface area contributed by atoms with Gasteiger partial charge in [-0.05, 0) is 36.4 Å². The molecular formula is C24H25N5O3. The van der Waals surface area contributed by atoms with Crippen LogP contribution < -0.4 is 4.74 Å². The van der Waals surface area contributed by atoms with Gasteiger partial charge in [-0.3, -0.25) is 9.80 Å². The monoisotopic (exact) mass is 431 g/mol. The topological polar surface area (TPSA) is 80.7 Å². The molecule has 2 aromatic carbocycles. The first kappa shape index (κ1) is 20.4. The van der Waals surface area contributed by atoms with Gasteiger partial charge in [0.15, 0.2) is 0 Å². The molecule has 1 aliphatic heterocycles. The molecule has 1 fully saturated rings. The van der Waals surface area contributed by atoms with Crippen LogP contribution in [0.2, 0.25) is 0 Å². The molecule has 1 aliphatic rings. The van der Waals surface area contributed by atoms with Gasteiger partial charge < -0.3 is 13.7 Å². The van der Waals surface area contributed by atoms with Gasteiger partial charge in [0.1, 0.15) is 12.0 Å². The predicted octanol–water partition coefficient (Wildman–Crippen LogP) is 3.72. The van der Waals surface area contributed by atoms with Crippen molar-refractivity contribution in [1.82, 2.24) is 24.9 Å². The molecule has 5 rings (SSSR count). The maximum Gasteiger partial charge on any atom is 0.241 e. The Balaban J connectivity index is 1.12. The van der Waals surface area contributed by atoms with Crippen LogP contribution in [0.4, 0.5) is 0 Å². The molecule has 0 spiro atoms. The highest BCUT2D eigenvalue weighted by atomic mass is 16.5. The average Bonchev–Trinajstić information content (AvgIpc) is 3.51. The molecule has 1 saturated heterocycles. The number of hydrogen-bond acceptors (Lipinski definition) is 8. The van der Waals surface area contributed by atoms with Crippen molar-refractivity contribution in [1.29, 1.82) is 0 Å². The van der Waals surface area contributed by atoms with Crippen LogP contribution in [0, 0.1) is 0 Å². The van der Waals surface area contributed by atoms with Gasteiger partial charge in [0.25, 0.3) is 0 Å². The molecule has 0 unspecified atom stereocenters. The van der Waals surface area contributed by atoms with Crippen LogP contribution in [-0.2, 0) is 13.1 Å². The largest absolute Gasteiger partial charge is 0.497 e. The molecule has 32 heavy (non-hydrogen) atoms. The Kier molecular flexibility index (Phi) is 5.96. The standard InChI is InChI=1S/C24H25N5O3/c1-30-21-9-7-18(8-10-21)23-26-22(32-27-23)16-29-13-11-28(12-14-29)15-20-17-31-24(25-20)19-5-3-2-4-6-19/h2-10,17H,11-16H2,1H3. The lowest BCUT2D eigenvalue weighted by atomic mass is 10.2. The maximum absolute atomic E-state index is 5.66. The molecule has 8 heteroatoms. The van der Waals surface area contributed by atoms with Crippen LogP contribution in [-0.4, -0.2) is 58.2 Å². The highest BCUT2D eigenvalue weighted by molar-refractivity contribution is 5.55. The zero-order chi connectivity index (χ0) is 21.8. The number of methoxy groups -OCH3 is 1. The number of nitrogens with zero attached hydrogens (tertiary/aromatic N) is 5. The van der Waals surface area contributed by atoms with Gasteiger partial charge >= 0.3 is 0 Å². The minimum atomic E-state index is 0.599. The predicted molar refractivity (Wildman–Crippen MR) is 119 cm³/mol. The molecule has 0 aliphatic carbocycles. The second kappa shape index (κ2) is 9.33. The molecule has 0 bridgehead atoms. The number of hydrogen-bond donors (Lipinski definition) is 0. The summed E-state index contributed by atoms with van der Waals surface area (Å²) in [6.07, 6.45) is 1.76. The lowest BCUT2D eigenvalue weighted by Gasteiger charge is -2.33. The first-order valence-corrected chi connectivity index (χ1v) is 10.7. The Hall–Kier alpha value is -3.49. The molecule has 8 nitrogen and oxygen atoms in total. The van der Waals surface area contributed by atoms with Gasteiger partial charge in [0, 0.05) is 43.9 Å². The first-order chi connectivity index (χ1) is 15.8. The lowest BCUT2D eigenvalue weighted by Crippen LogP contribution is -2.45. The van der Waals surface area contributed by atoms with Gasteiger partial charge in [-0.1, -0.05) is 23.4 Å². The second-order valence-corrected chi connectivity index (χ2v) is 7.80. The summed E-state index contributed by atoms with van der Waals surface area (Å²) in [4.78, 5) is 13.9. The number of benzene rings is 2. The fraction of sp³-hybridized carbons (Fsp3) is 0.292. The zero-order valence-corrected chi connectivity index (χ0v) is 18.0. The quantitative estimate of drug-likeness (QED) is 0.438. The van der Waals surface area contributed by atoms with Gasteiger partial charge in [-0.2, -0.15) is 4.98 Å². The van der Waals surface area contributed by atoms with Gasteiger partial charge in [0.2, 0.25) is 17.6 Å². The van der Waals surface area contributed by atoms with Crippen molar-refractivity contribution in [3.05, 3.63) is 72.4 Å². The van der Waals surface area contributed by atoms with E-state index in [0.717, 1.165) is 55.3 Å². The number of oxazole rings is 1. The van der Waals surface area contributed by atoms with E-state index in [4.69, 9.17) is 13.7 Å². The normalized spacial score (nSPS) is 15.2. The van der Waals surface area contributed by atoms with Crippen molar-refractivity contribution in [2.45, 2.75) is 13.1 Å². The fourth-order valence-corrected chi connectivity index (χ4v) is 3.80. The van der Waals surface area contributed by atoms with Gasteiger partial charge in [-0.25, -0.2) is 4.98 Å². The Morgan fingerprint density at radius 1 is 0.844 bits per heavy atom. The molecule has 2 aromatic heterocycles. The van der Waals surface area contributed by atoms with Crippen molar-refractivity contribution in [2.24, 2.45) is 0 Å². The maximum atomic E-state index is 5.66. The van der Waals surface area contributed by atoms with Crippen molar-refractivity contribution in [3.63, 3.8) is 0 Å². The van der Waals surface area contributed by atoms with Crippen molar-refractivity contribution in [3.8, 4) is 28.6 Å². The molecular weight excluding hydrogens is 406 g/mol. The van der Waals surface area contributed by atoms with Crippen LogP contribution >= 0.6 is 0 Å². The molecule has 0 atom stereocenters. The lowest BCUT2D eigenvalue weighted by molar-refractivity contribution is 0.111. The summed E-state index contributed by atoms with van der Waals surface area (Å²) in [6, 6.07) is 17.6. The van der Waals surface area contributed by atoms with E-state index in [0.29, 0.717) is 24.2 Å². The van der Waals surface area contributed by atoms with E-state index in [1.807, 2.05) is 54.6 Å². The fourth-order valence-electron chi connectivity index (χ4n) is 3.80. The minimum Gasteiger partial charge on any atom is -0.497 e. The number of aromatic nitrogens is 3. The SMILES string of the molecule is COc1ccc(-c2noc(CN3CCN(Cc4coc(-c5ccccc5)n4)CC3)n2)cc1. The van der Waals surface area contributed by atoms with Crippen molar-refractivity contribution >= 4 is 0 Å². The summed E-state index contributed by atoms with van der Waals surface area (Å²) in [5, 5.41) is 4.12. The molecule has 164 valence electrons. The summed E-state index contributed by atoms with van der Waals surface area (Å²) >= 11 is 0. The first-order valence-electron chi connectivity index (χ1n) is 10.7. The van der Waals surface area contributed by atoms with E-state index >= 15 is 0 Å². The van der Waals surface area contributed by atoms with Crippen molar-refractivity contribution in [2.75, 3.05) is 33.3 Å². The number of piperazine rings is 1. The van der Waals surface area contributed by atoms with Crippen LogP contribution in [0.1, 0.15) is 11.6 Å². The highest BCUT2D eigenvalue weighted by Gasteiger charge is 2.20. The van der Waals surface area contributed by atoms with Crippen LogP contribution in [0.5, 0.6) is 5.75 Å². The molecule has 0 radical (unpaired) electrons. The molecule has 4 aromatic rings. The van der Waals surface area contributed by atoms with Gasteiger partial charge in [-0.15, -0.1) is 0 Å². The van der Waals surface area contributed by atoms with Crippen LogP contribution in [0.25, 0.3) is 22.8 Å². The minimum absolute atomic E-state index is 0.599. The third kappa shape index (κ3) is 4.71. The van der Waals surface area contributed by atoms with E-state index in [2.05, 4.69) is 24.9 Å². The van der Waals surface area contributed by atoms with Crippen LogP contribution in [0.15, 0.2) is 69.8 Å². The van der Waals surface area contributed by atoms with E-state index < -0.39 is 0 Å². The van der Waals surface area contributed by atoms with Crippen LogP contribution in [0.3, 0.4) is 0 Å². The third-order valence-electron chi connectivity index (χ3n) is 5.60. The Morgan fingerprint density at radius 2 is 1.56 bits per heavy atom. The third-order valence-corrected chi connectivity index (χ3v) is 5.60. The van der Waals surface area contributed by atoms with E-state index in [9.17, 15) is 0 Å². The van der Waals surface area contributed by atoms with Crippen molar-refractivity contribution < 1.29 is 13.7 Å². The zero-order valence-electron chi connectivity index (χ0n) is 18.0. The second-order valence-electron chi connectivity index (χ2n) is 7.80. The molecule has 0 amide bonds. The summed E-state index contributed by atoms with van der Waals surface area (Å²) in [7, 11) is 1.65. The van der Waals surface area contributed by atoms with E-state index in [1.165, 1.54) is 0 Å². The summed E-state index contributed by atoms with van der Waals surface area (Å²) in [5.74, 6) is 2.70. The Morgan fingerprint density at radius 3 is 2.28 bits per heavy atom. The smallest absolute Gasteiger partial charge is 0.241 e. The average molecular weight is 431 g/mol. The van der Waals surface area contributed by atoms with E-state index in [-0.39, 0.29) is 0 Å². The Labute approximate surface area is 186 Å². The van der Waals surface area contributed by atoms with Gasteiger partial charge in [0.05, 0.1) is 19.3 Å². The summed E-state index contributed by atoms with van der Waals surface area (Å²) in [6.45, 7) is 5.21. The summed E-state index contributed by atoms with van der Waals surface area (Å²) < 4.78 is 16.3. The van der Waals surface area contributed by atoms with E-state index in [1.54, 1.807) is 13.4 Å². The Bertz CT molecular complexity index is 1130. The highest BCUT2D eigenvalue weighted by Crippen LogP contribution is 2.21. The molecule has 0 N–H and O–H groups in total. The number of ether oxygens (including phenoxy) is 1. The molecule has 0 saturated carbocycles.